The van der Waals surface area contributed by atoms with Gasteiger partial charge in [-0.3, -0.25) is 14.4 Å². The van der Waals surface area contributed by atoms with Crippen LogP contribution in [0.3, 0.4) is 0 Å². The van der Waals surface area contributed by atoms with Crippen LogP contribution in [0.2, 0.25) is 0 Å². The highest BCUT2D eigenvalue weighted by Crippen LogP contribution is 1.99. The van der Waals surface area contributed by atoms with Crippen LogP contribution < -0.4 is 17.2 Å². The van der Waals surface area contributed by atoms with Crippen LogP contribution >= 0.6 is 35.3 Å². The molecule has 12 heteroatoms. The number of thioether (sulfide) groups is 3. The molecule has 9 nitrogen and oxygen atoms in total. The van der Waals surface area contributed by atoms with Gasteiger partial charge in [0.25, 0.3) is 0 Å². The number of hydrogen-bond acceptors (Lipinski definition) is 9. The number of nitrogens with two attached hydrogens (primary N) is 3. The molecule has 0 rings (SSSR count). The molecule has 0 radical (unpaired) electrons. The number of carboxylic acid groups (broad SMARTS) is 3. The molecular weight excluding hydrogens is 414 g/mol. The number of carboxylic acids is 3. The zero-order chi connectivity index (χ0) is 21.8. The fourth-order valence-corrected chi connectivity index (χ4v) is 2.57. The number of carbonyl (C=O) groups is 3. The molecule has 162 valence electrons. The Morgan fingerprint density at radius 1 is 0.630 bits per heavy atom. The predicted octanol–water partition coefficient (Wildman–Crippen LogP) is 0.454. The lowest BCUT2D eigenvalue weighted by molar-refractivity contribution is -0.139. The second kappa shape index (κ2) is 21.6. The molecule has 3 atom stereocenters. The molecule has 0 saturated heterocycles. The Kier molecular flexibility index (Phi) is 24.9. The van der Waals surface area contributed by atoms with Crippen LogP contribution in [0.5, 0.6) is 0 Å². The van der Waals surface area contributed by atoms with Gasteiger partial charge in [-0.2, -0.15) is 35.3 Å². The Labute approximate surface area is 173 Å². The van der Waals surface area contributed by atoms with E-state index in [4.69, 9.17) is 32.5 Å². The standard InChI is InChI=1S/3C5H11NO2S/c3*1-9-3-2-4(6)5(7)8/h3*4H,2-3,6H2,1H3,(H,7,8). The fraction of sp³-hybridized carbons (Fsp3) is 0.800. The van der Waals surface area contributed by atoms with Crippen LogP contribution in [-0.4, -0.2) is 87.4 Å². The summed E-state index contributed by atoms with van der Waals surface area (Å²) in [5.74, 6) is -0.300. The van der Waals surface area contributed by atoms with Gasteiger partial charge in [0.1, 0.15) is 18.1 Å². The van der Waals surface area contributed by atoms with Crippen LogP contribution in [0, 0.1) is 0 Å². The topological polar surface area (TPSA) is 190 Å². The Balaban J connectivity index is -0.000000320. The molecule has 0 amide bonds. The van der Waals surface area contributed by atoms with Crippen molar-refractivity contribution in [2.45, 2.75) is 37.4 Å². The van der Waals surface area contributed by atoms with Crippen LogP contribution in [0.1, 0.15) is 19.3 Å². The van der Waals surface area contributed by atoms with Gasteiger partial charge in [-0.1, -0.05) is 0 Å². The maximum atomic E-state index is 10.1. The fourth-order valence-electron chi connectivity index (χ4n) is 1.10. The minimum absolute atomic E-state index is 0.552. The lowest BCUT2D eigenvalue weighted by Crippen LogP contribution is -2.30. The zero-order valence-corrected chi connectivity index (χ0v) is 18.4. The van der Waals surface area contributed by atoms with Crippen molar-refractivity contribution in [1.29, 1.82) is 0 Å². The Bertz CT molecular complexity index is 348. The van der Waals surface area contributed by atoms with E-state index >= 15 is 0 Å². The molecule has 0 saturated carbocycles. The summed E-state index contributed by atoms with van der Waals surface area (Å²) in [7, 11) is 0. The smallest absolute Gasteiger partial charge is 0.320 e. The summed E-state index contributed by atoms with van der Waals surface area (Å²) < 4.78 is 0. The zero-order valence-electron chi connectivity index (χ0n) is 16.0. The van der Waals surface area contributed by atoms with Gasteiger partial charge in [0, 0.05) is 0 Å². The first-order valence-electron chi connectivity index (χ1n) is 7.96. The number of rotatable bonds is 12. The molecule has 0 bridgehead atoms. The van der Waals surface area contributed by atoms with Crippen molar-refractivity contribution in [2.24, 2.45) is 17.2 Å². The van der Waals surface area contributed by atoms with Gasteiger partial charge in [-0.15, -0.1) is 0 Å². The maximum Gasteiger partial charge on any atom is 0.320 e. The Morgan fingerprint density at radius 2 is 0.815 bits per heavy atom. The van der Waals surface area contributed by atoms with E-state index in [0.717, 1.165) is 17.3 Å². The summed E-state index contributed by atoms with van der Waals surface area (Å²) in [6, 6.07) is -2.05. The highest BCUT2D eigenvalue weighted by molar-refractivity contribution is 7.98. The van der Waals surface area contributed by atoms with Crippen molar-refractivity contribution in [1.82, 2.24) is 0 Å². The molecule has 0 aliphatic heterocycles. The van der Waals surface area contributed by atoms with Crippen molar-refractivity contribution in [3.63, 3.8) is 0 Å². The largest absolute Gasteiger partial charge is 0.480 e. The number of hydrogen-bond donors (Lipinski definition) is 6. The SMILES string of the molecule is CSCCC(N)C(=O)O.CSCCC(N)C(=O)O.CSCCC(N)C(=O)O. The van der Waals surface area contributed by atoms with E-state index in [2.05, 4.69) is 0 Å². The van der Waals surface area contributed by atoms with Crippen LogP contribution in [0.4, 0.5) is 0 Å². The lowest BCUT2D eigenvalue weighted by Gasteiger charge is -2.02. The summed E-state index contributed by atoms with van der Waals surface area (Å²) in [5.41, 5.74) is 15.6. The second-order valence-electron chi connectivity index (χ2n) is 5.18. The first-order valence-corrected chi connectivity index (χ1v) is 12.1. The molecule has 0 spiro atoms. The first-order chi connectivity index (χ1) is 12.5. The van der Waals surface area contributed by atoms with E-state index in [0.29, 0.717) is 19.3 Å². The van der Waals surface area contributed by atoms with Gasteiger partial charge in [0.15, 0.2) is 0 Å². The van der Waals surface area contributed by atoms with Gasteiger partial charge in [-0.05, 0) is 55.3 Å². The molecule has 0 fully saturated rings. The minimum atomic E-state index is -0.913. The van der Waals surface area contributed by atoms with Crippen LogP contribution in [-0.2, 0) is 14.4 Å². The predicted molar refractivity (Wildman–Crippen MR) is 116 cm³/mol. The summed E-state index contributed by atoms with van der Waals surface area (Å²) in [6.07, 6.45) is 7.43. The van der Waals surface area contributed by atoms with Crippen molar-refractivity contribution in [3.8, 4) is 0 Å². The van der Waals surface area contributed by atoms with Crippen molar-refractivity contribution in [2.75, 3.05) is 36.0 Å². The van der Waals surface area contributed by atoms with E-state index in [1.54, 1.807) is 35.3 Å². The van der Waals surface area contributed by atoms with Crippen molar-refractivity contribution < 1.29 is 29.7 Å². The van der Waals surface area contributed by atoms with Gasteiger partial charge in [-0.25, -0.2) is 0 Å². The van der Waals surface area contributed by atoms with Gasteiger partial charge in [0.2, 0.25) is 0 Å². The van der Waals surface area contributed by atoms with Gasteiger partial charge < -0.3 is 32.5 Å². The average molecular weight is 448 g/mol. The van der Waals surface area contributed by atoms with Crippen molar-refractivity contribution >= 4 is 53.2 Å². The van der Waals surface area contributed by atoms with E-state index in [1.165, 1.54) is 0 Å². The Hall–Kier alpha value is -0.660. The molecule has 0 aliphatic rings. The van der Waals surface area contributed by atoms with E-state index in [1.807, 2.05) is 18.8 Å². The molecule has 0 aliphatic carbocycles. The third-order valence-corrected chi connectivity index (χ3v) is 4.78. The van der Waals surface area contributed by atoms with Crippen molar-refractivity contribution in [3.05, 3.63) is 0 Å². The monoisotopic (exact) mass is 447 g/mol. The normalized spacial score (nSPS) is 13.1. The third kappa shape index (κ3) is 25.3. The van der Waals surface area contributed by atoms with Crippen LogP contribution in [0.15, 0.2) is 0 Å². The molecule has 0 aromatic carbocycles. The molecule has 3 unspecified atom stereocenters. The minimum Gasteiger partial charge on any atom is -0.480 e. The molecular formula is C15H33N3O6S3. The maximum absolute atomic E-state index is 10.1. The van der Waals surface area contributed by atoms with E-state index < -0.39 is 36.0 Å². The summed E-state index contributed by atoms with van der Waals surface area (Å²) in [6.45, 7) is 0. The summed E-state index contributed by atoms with van der Waals surface area (Å²) in [4.78, 5) is 30.2. The van der Waals surface area contributed by atoms with Gasteiger partial charge >= 0.3 is 17.9 Å². The number of aliphatic carboxylic acids is 3. The van der Waals surface area contributed by atoms with E-state index in [9.17, 15) is 14.4 Å². The molecule has 0 aromatic rings. The first kappa shape index (κ1) is 31.0. The lowest BCUT2D eigenvalue weighted by atomic mass is 10.2. The quantitative estimate of drug-likeness (QED) is 0.242. The molecule has 0 aromatic heterocycles. The van der Waals surface area contributed by atoms with E-state index in [-0.39, 0.29) is 0 Å². The highest BCUT2D eigenvalue weighted by Gasteiger charge is 2.10. The van der Waals surface area contributed by atoms with Gasteiger partial charge in [0.05, 0.1) is 0 Å². The third-order valence-electron chi connectivity index (χ3n) is 2.85. The molecule has 9 N–H and O–H groups in total. The highest BCUT2D eigenvalue weighted by atomic mass is 32.2. The summed E-state index contributed by atoms with van der Waals surface area (Å²) >= 11 is 4.81. The Morgan fingerprint density at radius 3 is 0.926 bits per heavy atom. The second-order valence-corrected chi connectivity index (χ2v) is 8.14. The molecule has 0 heterocycles. The van der Waals surface area contributed by atoms with Crippen LogP contribution in [0.25, 0.3) is 0 Å². The average Bonchev–Trinajstić information content (AvgIpc) is 2.62. The summed E-state index contributed by atoms with van der Waals surface area (Å²) in [5, 5.41) is 24.8. The molecule has 27 heavy (non-hydrogen) atoms.